The molecule has 1 rings (SSSR count). The molecule has 0 saturated heterocycles. The number of methoxy groups -OCH3 is 1. The van der Waals surface area contributed by atoms with Gasteiger partial charge in [-0.3, -0.25) is 10.1 Å². The van der Waals surface area contributed by atoms with Gasteiger partial charge in [0, 0.05) is 0 Å². The van der Waals surface area contributed by atoms with Gasteiger partial charge in [0.15, 0.2) is 11.5 Å². The summed E-state index contributed by atoms with van der Waals surface area (Å²) in [6.45, 7) is 0. The molecular weight excluding hydrogens is 259 g/mol. The van der Waals surface area contributed by atoms with Crippen molar-refractivity contribution in [3.63, 3.8) is 0 Å². The zero-order valence-electron chi connectivity index (χ0n) is 7.08. The Morgan fingerprint density at radius 3 is 2.71 bits per heavy atom. The van der Waals surface area contributed by atoms with Crippen molar-refractivity contribution < 1.29 is 14.1 Å². The molecule has 1 aromatic rings. The molecule has 0 heterocycles. The molecule has 0 atom stereocenters. The highest BCUT2D eigenvalue weighted by Gasteiger charge is 2.25. The smallest absolute Gasteiger partial charge is 0.337 e. The Kier molecular flexibility index (Phi) is 2.90. The van der Waals surface area contributed by atoms with E-state index in [9.17, 15) is 14.5 Å². The maximum absolute atomic E-state index is 13.0. The number of halogens is 2. The lowest BCUT2D eigenvalue weighted by Gasteiger charge is -2.06. The first-order valence-corrected chi connectivity index (χ1v) is 4.24. The second kappa shape index (κ2) is 3.79. The lowest BCUT2D eigenvalue weighted by atomic mass is 10.2. The first-order chi connectivity index (χ1) is 6.49. The fraction of sp³-hybridized carbons (Fsp3) is 0.143. The minimum atomic E-state index is -0.857. The molecule has 0 aliphatic heterocycles. The number of rotatable bonds is 2. The van der Waals surface area contributed by atoms with E-state index in [1.807, 2.05) is 0 Å². The number of nitrogens with two attached hydrogens (primary N) is 1. The highest BCUT2D eigenvalue weighted by Crippen LogP contribution is 2.40. The fourth-order valence-electron chi connectivity index (χ4n) is 0.979. The van der Waals surface area contributed by atoms with Crippen molar-refractivity contribution in [1.82, 2.24) is 0 Å². The van der Waals surface area contributed by atoms with E-state index in [-0.39, 0.29) is 10.2 Å². The third-order valence-corrected chi connectivity index (χ3v) is 2.17. The van der Waals surface area contributed by atoms with Crippen LogP contribution in [0.25, 0.3) is 0 Å². The normalized spacial score (nSPS) is 9.93. The Labute approximate surface area is 86.9 Å². The van der Waals surface area contributed by atoms with Crippen molar-refractivity contribution in [3.05, 3.63) is 26.5 Å². The third-order valence-electron chi connectivity index (χ3n) is 1.58. The summed E-state index contributed by atoms with van der Waals surface area (Å²) >= 11 is 2.94. The van der Waals surface area contributed by atoms with Crippen molar-refractivity contribution in [1.29, 1.82) is 0 Å². The molecule has 2 N–H and O–H groups in total. The number of hydrogen-bond acceptors (Lipinski definition) is 4. The number of nitro benzene ring substituents is 1. The number of nitro groups is 1. The zero-order chi connectivity index (χ0) is 10.9. The standard InChI is InChI=1S/C7H6BrFN2O3/c1-14-7-3(8)2-4(9)5(10)6(7)11(12)13/h2H,10H2,1H3. The number of benzene rings is 1. The van der Waals surface area contributed by atoms with Crippen LogP contribution in [0.5, 0.6) is 5.75 Å². The van der Waals surface area contributed by atoms with Crippen molar-refractivity contribution >= 4 is 27.3 Å². The predicted molar refractivity (Wildman–Crippen MR) is 51.7 cm³/mol. The molecule has 0 spiro atoms. The molecule has 0 fully saturated rings. The largest absolute Gasteiger partial charge is 0.489 e. The van der Waals surface area contributed by atoms with Crippen molar-refractivity contribution in [3.8, 4) is 5.75 Å². The summed E-state index contributed by atoms with van der Waals surface area (Å²) in [6.07, 6.45) is 0. The van der Waals surface area contributed by atoms with Crippen LogP contribution in [-0.2, 0) is 0 Å². The molecule has 76 valence electrons. The summed E-state index contributed by atoms with van der Waals surface area (Å²) in [6, 6.07) is 1.02. The van der Waals surface area contributed by atoms with Crippen LogP contribution < -0.4 is 10.5 Å². The molecule has 0 bridgehead atoms. The van der Waals surface area contributed by atoms with Crippen LogP contribution in [0.3, 0.4) is 0 Å². The monoisotopic (exact) mass is 264 g/mol. The number of nitrogens with zero attached hydrogens (tertiary/aromatic N) is 1. The summed E-state index contributed by atoms with van der Waals surface area (Å²) in [7, 11) is 1.24. The number of nitrogen functional groups attached to an aromatic ring is 1. The van der Waals surface area contributed by atoms with Gasteiger partial charge < -0.3 is 10.5 Å². The first-order valence-electron chi connectivity index (χ1n) is 3.45. The second-order valence-electron chi connectivity index (χ2n) is 2.39. The van der Waals surface area contributed by atoms with Crippen LogP contribution in [-0.4, -0.2) is 12.0 Å². The van der Waals surface area contributed by atoms with Gasteiger partial charge in [-0.05, 0) is 22.0 Å². The van der Waals surface area contributed by atoms with Gasteiger partial charge in [-0.1, -0.05) is 0 Å². The van der Waals surface area contributed by atoms with E-state index in [0.717, 1.165) is 6.07 Å². The van der Waals surface area contributed by atoms with Gasteiger partial charge in [0.25, 0.3) is 0 Å². The Morgan fingerprint density at radius 2 is 2.29 bits per heavy atom. The van der Waals surface area contributed by atoms with Crippen LogP contribution in [0.2, 0.25) is 0 Å². The molecule has 5 nitrogen and oxygen atoms in total. The Hall–Kier alpha value is -1.37. The average molecular weight is 265 g/mol. The maximum atomic E-state index is 13.0. The Balaban J connectivity index is 3.56. The topological polar surface area (TPSA) is 78.4 Å². The Bertz CT molecular complexity index is 397. The van der Waals surface area contributed by atoms with E-state index >= 15 is 0 Å². The van der Waals surface area contributed by atoms with Crippen LogP contribution in [0.15, 0.2) is 10.5 Å². The fourth-order valence-corrected chi connectivity index (χ4v) is 1.53. The molecule has 0 saturated carbocycles. The van der Waals surface area contributed by atoms with Gasteiger partial charge in [-0.25, -0.2) is 4.39 Å². The van der Waals surface area contributed by atoms with Crippen LogP contribution >= 0.6 is 15.9 Å². The molecule has 14 heavy (non-hydrogen) atoms. The minimum absolute atomic E-state index is 0.0890. The van der Waals surface area contributed by atoms with E-state index in [2.05, 4.69) is 15.9 Å². The van der Waals surface area contributed by atoms with Gasteiger partial charge >= 0.3 is 5.69 Å². The number of ether oxygens (including phenoxy) is 1. The van der Waals surface area contributed by atoms with E-state index in [0.29, 0.717) is 0 Å². The van der Waals surface area contributed by atoms with Crippen molar-refractivity contribution in [2.75, 3.05) is 12.8 Å². The van der Waals surface area contributed by atoms with Crippen LogP contribution in [0, 0.1) is 15.9 Å². The molecule has 0 aliphatic rings. The Morgan fingerprint density at radius 1 is 1.71 bits per heavy atom. The van der Waals surface area contributed by atoms with Crippen LogP contribution in [0.1, 0.15) is 0 Å². The minimum Gasteiger partial charge on any atom is -0.489 e. The maximum Gasteiger partial charge on any atom is 0.337 e. The number of anilines is 1. The summed E-state index contributed by atoms with van der Waals surface area (Å²) in [4.78, 5) is 9.77. The van der Waals surface area contributed by atoms with Crippen molar-refractivity contribution in [2.24, 2.45) is 0 Å². The van der Waals surface area contributed by atoms with Gasteiger partial charge in [0.1, 0.15) is 0 Å². The molecule has 0 unspecified atom stereocenters. The molecule has 1 aromatic carbocycles. The first kappa shape index (κ1) is 10.7. The van der Waals surface area contributed by atoms with E-state index in [1.165, 1.54) is 7.11 Å². The van der Waals surface area contributed by atoms with Gasteiger partial charge in [-0.15, -0.1) is 0 Å². The molecule has 7 heteroatoms. The van der Waals surface area contributed by atoms with E-state index in [1.54, 1.807) is 0 Å². The third kappa shape index (κ3) is 1.63. The summed E-state index contributed by atoms with van der Waals surface area (Å²) in [5, 5.41) is 10.6. The predicted octanol–water partition coefficient (Wildman–Crippen LogP) is 2.09. The van der Waals surface area contributed by atoms with Gasteiger partial charge in [-0.2, -0.15) is 0 Å². The molecule has 0 radical (unpaired) electrons. The summed E-state index contributed by atoms with van der Waals surface area (Å²) in [5.74, 6) is -0.946. The van der Waals surface area contributed by atoms with Gasteiger partial charge in [0.2, 0.25) is 5.75 Å². The van der Waals surface area contributed by atoms with E-state index in [4.69, 9.17) is 10.5 Å². The summed E-state index contributed by atoms with van der Waals surface area (Å²) < 4.78 is 17.9. The average Bonchev–Trinajstić information content (AvgIpc) is 2.10. The lowest BCUT2D eigenvalue weighted by Crippen LogP contribution is -2.02. The SMILES string of the molecule is COc1c(Br)cc(F)c(N)c1[N+](=O)[O-]. The molecular formula is C7H6BrFN2O3. The van der Waals surface area contributed by atoms with Crippen LogP contribution in [0.4, 0.5) is 15.8 Å². The highest BCUT2D eigenvalue weighted by atomic mass is 79.9. The lowest BCUT2D eigenvalue weighted by molar-refractivity contribution is -0.385. The quantitative estimate of drug-likeness (QED) is 0.504. The highest BCUT2D eigenvalue weighted by molar-refractivity contribution is 9.10. The molecule has 0 amide bonds. The second-order valence-corrected chi connectivity index (χ2v) is 3.25. The molecule has 0 aliphatic carbocycles. The molecule has 0 aromatic heterocycles. The zero-order valence-corrected chi connectivity index (χ0v) is 8.67. The summed E-state index contributed by atoms with van der Waals surface area (Å²) in [5.41, 5.74) is 4.11. The van der Waals surface area contributed by atoms with E-state index < -0.39 is 22.1 Å². The number of hydrogen-bond donors (Lipinski definition) is 1. The van der Waals surface area contributed by atoms with Crippen molar-refractivity contribution in [2.45, 2.75) is 0 Å². The van der Waals surface area contributed by atoms with Gasteiger partial charge in [0.05, 0.1) is 16.5 Å².